The summed E-state index contributed by atoms with van der Waals surface area (Å²) in [6.07, 6.45) is 1.64. The lowest BCUT2D eigenvalue weighted by atomic mass is 9.85. The Labute approximate surface area is 196 Å². The number of aromatic nitrogens is 1. The highest BCUT2D eigenvalue weighted by atomic mass is 19.4. The topological polar surface area (TPSA) is 73.8 Å². The molecule has 10 heteroatoms. The molecule has 0 bridgehead atoms. The van der Waals surface area contributed by atoms with Crippen LogP contribution in [0.1, 0.15) is 38.7 Å². The number of alkyl halides is 3. The van der Waals surface area contributed by atoms with Crippen molar-refractivity contribution in [3.05, 3.63) is 36.0 Å². The fourth-order valence-electron chi connectivity index (χ4n) is 5.00. The number of amides is 3. The van der Waals surface area contributed by atoms with Gasteiger partial charge in [0, 0.05) is 32.4 Å². The minimum absolute atomic E-state index is 0.105. The Kier molecular flexibility index (Phi) is 6.69. The van der Waals surface area contributed by atoms with Crippen molar-refractivity contribution in [2.75, 3.05) is 31.1 Å². The van der Waals surface area contributed by atoms with Gasteiger partial charge in [-0.3, -0.25) is 19.3 Å². The molecule has 3 aliphatic rings. The number of fused-ring (bicyclic) bond motifs is 1. The van der Waals surface area contributed by atoms with Gasteiger partial charge in [0.25, 0.3) is 0 Å². The molecule has 0 N–H and O–H groups in total. The van der Waals surface area contributed by atoms with Gasteiger partial charge in [-0.25, -0.2) is 4.98 Å². The Morgan fingerprint density at radius 2 is 1.62 bits per heavy atom. The van der Waals surface area contributed by atoms with Crippen molar-refractivity contribution < 1.29 is 27.6 Å². The summed E-state index contributed by atoms with van der Waals surface area (Å²) in [5.41, 5.74) is -0.808. The molecule has 1 aromatic heterocycles. The van der Waals surface area contributed by atoms with Gasteiger partial charge in [-0.1, -0.05) is 26.0 Å². The zero-order chi connectivity index (χ0) is 24.6. The molecule has 3 heterocycles. The third-order valence-electron chi connectivity index (χ3n) is 6.82. The molecular weight excluding hydrogens is 449 g/mol. The average molecular weight is 479 g/mol. The predicted molar refractivity (Wildman–Crippen MR) is 118 cm³/mol. The Hall–Kier alpha value is -2.91. The molecule has 0 unspecified atom stereocenters. The highest BCUT2D eigenvalue weighted by Gasteiger charge is 2.51. The van der Waals surface area contributed by atoms with E-state index < -0.39 is 17.8 Å². The Morgan fingerprint density at radius 3 is 2.09 bits per heavy atom. The molecule has 2 fully saturated rings. The van der Waals surface area contributed by atoms with Crippen LogP contribution in [0, 0.1) is 17.8 Å². The molecule has 1 aliphatic carbocycles. The molecule has 0 aromatic carbocycles. The van der Waals surface area contributed by atoms with Crippen LogP contribution in [0.4, 0.5) is 19.0 Å². The summed E-state index contributed by atoms with van der Waals surface area (Å²) in [7, 11) is 0. The van der Waals surface area contributed by atoms with E-state index in [0.29, 0.717) is 51.3 Å². The second-order valence-electron chi connectivity index (χ2n) is 9.56. The third-order valence-corrected chi connectivity index (χ3v) is 6.82. The van der Waals surface area contributed by atoms with Gasteiger partial charge in [0.1, 0.15) is 11.9 Å². The van der Waals surface area contributed by atoms with E-state index in [1.54, 1.807) is 4.90 Å². The summed E-state index contributed by atoms with van der Waals surface area (Å²) in [6.45, 7) is 5.37. The summed E-state index contributed by atoms with van der Waals surface area (Å²) in [5, 5.41) is 0. The smallest absolute Gasteiger partial charge is 0.353 e. The summed E-state index contributed by atoms with van der Waals surface area (Å²) in [6, 6.07) is 1.50. The van der Waals surface area contributed by atoms with Gasteiger partial charge in [0.15, 0.2) is 0 Å². The number of hydrogen-bond acceptors (Lipinski definition) is 5. The van der Waals surface area contributed by atoms with Gasteiger partial charge in [-0.15, -0.1) is 0 Å². The van der Waals surface area contributed by atoms with Crippen molar-refractivity contribution in [2.24, 2.45) is 17.8 Å². The SMILES string of the molecule is CC(C)C[C@H](C(=O)N1CCN(c2ccc(C(F)(F)F)cn2)CC1)N1C(=O)[C@H]2CC=CC[C@H]2C1=O. The number of piperazine rings is 1. The van der Waals surface area contributed by atoms with E-state index in [1.807, 2.05) is 30.9 Å². The number of likely N-dealkylation sites (tertiary alicyclic amines) is 1. The second kappa shape index (κ2) is 9.38. The van der Waals surface area contributed by atoms with Gasteiger partial charge in [0.05, 0.1) is 17.4 Å². The number of halogens is 3. The highest BCUT2D eigenvalue weighted by molar-refractivity contribution is 6.08. The minimum atomic E-state index is -4.44. The van der Waals surface area contributed by atoms with Crippen LogP contribution in [0.3, 0.4) is 0 Å². The lowest BCUT2D eigenvalue weighted by Crippen LogP contribution is -2.56. The van der Waals surface area contributed by atoms with Gasteiger partial charge in [-0.05, 0) is 37.3 Å². The Bertz CT molecular complexity index is 943. The molecule has 34 heavy (non-hydrogen) atoms. The largest absolute Gasteiger partial charge is 0.417 e. The molecular formula is C24H29F3N4O3. The summed E-state index contributed by atoms with van der Waals surface area (Å²) in [4.78, 5) is 48.3. The number of imide groups is 1. The molecule has 0 radical (unpaired) electrons. The van der Waals surface area contributed by atoms with E-state index >= 15 is 0 Å². The molecule has 0 spiro atoms. The lowest BCUT2D eigenvalue weighted by molar-refractivity contribution is -0.152. The molecule has 3 atom stereocenters. The van der Waals surface area contributed by atoms with Crippen molar-refractivity contribution in [3.63, 3.8) is 0 Å². The third kappa shape index (κ3) is 4.67. The monoisotopic (exact) mass is 478 g/mol. The average Bonchev–Trinajstić information content (AvgIpc) is 3.07. The lowest BCUT2D eigenvalue weighted by Gasteiger charge is -2.38. The number of hydrogen-bond donors (Lipinski definition) is 0. The zero-order valence-corrected chi connectivity index (χ0v) is 19.3. The summed E-state index contributed by atoms with van der Waals surface area (Å²) in [5.74, 6) is -1.02. The van der Waals surface area contributed by atoms with E-state index in [0.717, 1.165) is 12.3 Å². The van der Waals surface area contributed by atoms with E-state index in [-0.39, 0.29) is 35.5 Å². The highest BCUT2D eigenvalue weighted by Crippen LogP contribution is 2.37. The molecule has 7 nitrogen and oxygen atoms in total. The number of carbonyl (C=O) groups is 3. The van der Waals surface area contributed by atoms with Crippen LogP contribution in [0.2, 0.25) is 0 Å². The summed E-state index contributed by atoms with van der Waals surface area (Å²) < 4.78 is 38.4. The molecule has 184 valence electrons. The van der Waals surface area contributed by atoms with Crippen LogP contribution in [0.25, 0.3) is 0 Å². The first-order chi connectivity index (χ1) is 16.1. The first-order valence-corrected chi connectivity index (χ1v) is 11.7. The maximum absolute atomic E-state index is 13.5. The minimum Gasteiger partial charge on any atom is -0.353 e. The normalized spacial score (nSPS) is 24.1. The Balaban J connectivity index is 1.44. The van der Waals surface area contributed by atoms with Crippen molar-refractivity contribution in [1.82, 2.24) is 14.8 Å². The van der Waals surface area contributed by atoms with Gasteiger partial charge in [0.2, 0.25) is 17.7 Å². The van der Waals surface area contributed by atoms with Crippen molar-refractivity contribution in [1.29, 1.82) is 0 Å². The standard InChI is InChI=1S/C24H29F3N4O3/c1-15(2)13-19(31-21(32)17-5-3-4-6-18(17)22(31)33)23(34)30-11-9-29(10-12-30)20-8-7-16(14-28-20)24(25,26)27/h3-4,7-8,14-15,17-19H,5-6,9-13H2,1-2H3/t17-,18+,19-/m1/s1. The van der Waals surface area contributed by atoms with Crippen LogP contribution in [0.5, 0.6) is 0 Å². The number of nitrogens with zero attached hydrogens (tertiary/aromatic N) is 4. The van der Waals surface area contributed by atoms with Crippen molar-refractivity contribution >= 4 is 23.5 Å². The second-order valence-corrected chi connectivity index (χ2v) is 9.56. The predicted octanol–water partition coefficient (Wildman–Crippen LogP) is 3.11. The van der Waals surface area contributed by atoms with Crippen LogP contribution >= 0.6 is 0 Å². The maximum Gasteiger partial charge on any atom is 0.417 e. The molecule has 1 aromatic rings. The Morgan fingerprint density at radius 1 is 1.03 bits per heavy atom. The molecule has 2 aliphatic heterocycles. The maximum atomic E-state index is 13.5. The van der Waals surface area contributed by atoms with E-state index in [9.17, 15) is 27.6 Å². The zero-order valence-electron chi connectivity index (χ0n) is 19.3. The fourth-order valence-corrected chi connectivity index (χ4v) is 5.00. The number of rotatable bonds is 5. The quantitative estimate of drug-likeness (QED) is 0.480. The van der Waals surface area contributed by atoms with E-state index in [2.05, 4.69) is 4.98 Å². The van der Waals surface area contributed by atoms with Crippen molar-refractivity contribution in [3.8, 4) is 0 Å². The van der Waals surface area contributed by atoms with E-state index in [4.69, 9.17) is 0 Å². The number of allylic oxidation sites excluding steroid dienone is 2. The molecule has 3 amide bonds. The van der Waals surface area contributed by atoms with Crippen LogP contribution in [0.15, 0.2) is 30.5 Å². The number of carbonyl (C=O) groups excluding carboxylic acids is 3. The molecule has 0 saturated carbocycles. The van der Waals surface area contributed by atoms with Crippen molar-refractivity contribution in [2.45, 2.75) is 45.3 Å². The van der Waals surface area contributed by atoms with Crippen LogP contribution < -0.4 is 4.90 Å². The first kappa shape index (κ1) is 24.2. The number of anilines is 1. The van der Waals surface area contributed by atoms with E-state index in [1.165, 1.54) is 11.0 Å². The first-order valence-electron chi connectivity index (χ1n) is 11.7. The molecule has 2 saturated heterocycles. The summed E-state index contributed by atoms with van der Waals surface area (Å²) >= 11 is 0. The number of pyridine rings is 1. The van der Waals surface area contributed by atoms with Gasteiger partial charge < -0.3 is 9.80 Å². The van der Waals surface area contributed by atoms with Crippen LogP contribution in [-0.2, 0) is 20.6 Å². The fraction of sp³-hybridized carbons (Fsp3) is 0.583. The van der Waals surface area contributed by atoms with Crippen LogP contribution in [-0.4, -0.2) is 64.7 Å². The molecule has 4 rings (SSSR count). The van der Waals surface area contributed by atoms with Gasteiger partial charge >= 0.3 is 6.18 Å². The van der Waals surface area contributed by atoms with Gasteiger partial charge in [-0.2, -0.15) is 13.2 Å².